The number of nitrogens with zero attached hydrogens (tertiary/aromatic N) is 2. The number of para-hydroxylation sites is 2. The molecule has 69 heavy (non-hydrogen) atoms. The normalized spacial score (nSPS) is 14.0. The molecule has 12 aromatic rings. The van der Waals surface area contributed by atoms with E-state index in [0.717, 1.165) is 11.4 Å². The highest BCUT2D eigenvalue weighted by Gasteiger charge is 2.38. The molecule has 0 radical (unpaired) electrons. The number of aromatic nitrogens is 1. The quantitative estimate of drug-likeness (QED) is 0.161. The van der Waals surface area contributed by atoms with E-state index >= 15 is 0 Å². The second kappa shape index (κ2) is 14.8. The van der Waals surface area contributed by atoms with E-state index in [2.05, 4.69) is 256 Å². The summed E-state index contributed by atoms with van der Waals surface area (Å²) >= 11 is 1.88. The minimum Gasteiger partial charge on any atom is -0.310 e. The lowest BCUT2D eigenvalue weighted by Gasteiger charge is -2.29. The van der Waals surface area contributed by atoms with Crippen LogP contribution >= 0.6 is 11.3 Å². The third-order valence-corrected chi connectivity index (χ3v) is 16.7. The Hall–Kier alpha value is -7.98. The number of anilines is 3. The Balaban J connectivity index is 0.942. The number of rotatable bonds is 6. The SMILES string of the molecule is CC1(C)c2ccccc2-c2ccc(N(c3ccc(-c4cccc5c4C(C)(C)c4ccccc4-5)cc3)c3cccc4sc5ccc(-c6ccc7c(c6)c6ccccc6n7-c6ccccc6)cc5c34)cc21. The molecule has 3 heteroatoms. The largest absolute Gasteiger partial charge is 0.310 e. The van der Waals surface area contributed by atoms with Gasteiger partial charge in [0.25, 0.3) is 0 Å². The van der Waals surface area contributed by atoms with Crippen LogP contribution < -0.4 is 4.90 Å². The molecule has 0 fully saturated rings. The first-order chi connectivity index (χ1) is 33.7. The van der Waals surface area contributed by atoms with Gasteiger partial charge in [-0.15, -0.1) is 11.3 Å². The highest BCUT2D eigenvalue weighted by atomic mass is 32.1. The molecule has 2 aliphatic carbocycles. The predicted octanol–water partition coefficient (Wildman–Crippen LogP) is 18.6. The van der Waals surface area contributed by atoms with E-state index in [9.17, 15) is 0 Å². The van der Waals surface area contributed by atoms with Crippen molar-refractivity contribution in [2.24, 2.45) is 0 Å². The van der Waals surface area contributed by atoms with Crippen molar-refractivity contribution in [3.8, 4) is 50.2 Å². The molecule has 2 nitrogen and oxygen atoms in total. The van der Waals surface area contributed by atoms with Crippen LogP contribution in [0.15, 0.2) is 218 Å². The Bertz CT molecular complexity index is 4070. The van der Waals surface area contributed by atoms with Crippen LogP contribution in [0.25, 0.3) is 92.2 Å². The van der Waals surface area contributed by atoms with E-state index in [1.807, 2.05) is 11.3 Å². The number of benzene rings is 10. The first kappa shape index (κ1) is 40.1. The lowest BCUT2D eigenvalue weighted by atomic mass is 9.79. The number of hydrogen-bond acceptors (Lipinski definition) is 2. The topological polar surface area (TPSA) is 8.17 Å². The minimum absolute atomic E-state index is 0.108. The monoisotopic (exact) mass is 900 g/mol. The molecule has 0 N–H and O–H groups in total. The zero-order valence-electron chi connectivity index (χ0n) is 39.1. The summed E-state index contributed by atoms with van der Waals surface area (Å²) < 4.78 is 4.95. The summed E-state index contributed by atoms with van der Waals surface area (Å²) in [5.41, 5.74) is 22.7. The van der Waals surface area contributed by atoms with Crippen LogP contribution in [0.5, 0.6) is 0 Å². The molecule has 10 aromatic carbocycles. The highest BCUT2D eigenvalue weighted by molar-refractivity contribution is 7.26. The van der Waals surface area contributed by atoms with E-state index in [1.165, 1.54) is 120 Å². The van der Waals surface area contributed by atoms with E-state index in [0.29, 0.717) is 0 Å². The molecule has 0 spiro atoms. The molecule has 0 bridgehead atoms. The van der Waals surface area contributed by atoms with Crippen molar-refractivity contribution in [2.75, 3.05) is 4.90 Å². The molecule has 14 rings (SSSR count). The fourth-order valence-corrected chi connectivity index (χ4v) is 13.4. The van der Waals surface area contributed by atoms with Crippen LogP contribution in [0.3, 0.4) is 0 Å². The summed E-state index contributed by atoms with van der Waals surface area (Å²) in [5, 5.41) is 5.06. The second-order valence-corrected chi connectivity index (χ2v) is 21.1. The molecule has 0 unspecified atom stereocenters. The van der Waals surface area contributed by atoms with Crippen molar-refractivity contribution >= 4 is 70.4 Å². The van der Waals surface area contributed by atoms with E-state index in [1.54, 1.807) is 0 Å². The summed E-state index contributed by atoms with van der Waals surface area (Å²) in [6.45, 7) is 9.52. The van der Waals surface area contributed by atoms with Crippen LogP contribution in [0.1, 0.15) is 49.9 Å². The van der Waals surface area contributed by atoms with Gasteiger partial charge in [-0.25, -0.2) is 0 Å². The molecule has 2 aromatic heterocycles. The van der Waals surface area contributed by atoms with Crippen LogP contribution in [0, 0.1) is 0 Å². The van der Waals surface area contributed by atoms with Crippen molar-refractivity contribution in [3.63, 3.8) is 0 Å². The van der Waals surface area contributed by atoms with Gasteiger partial charge in [-0.05, 0) is 146 Å². The van der Waals surface area contributed by atoms with E-state index < -0.39 is 0 Å². The smallest absolute Gasteiger partial charge is 0.0554 e. The Labute approximate surface area is 407 Å². The van der Waals surface area contributed by atoms with Crippen molar-refractivity contribution in [2.45, 2.75) is 38.5 Å². The first-order valence-corrected chi connectivity index (χ1v) is 25.0. The molecule has 2 heterocycles. The van der Waals surface area contributed by atoms with E-state index in [4.69, 9.17) is 0 Å². The van der Waals surface area contributed by atoms with Crippen LogP contribution in [0.4, 0.5) is 17.1 Å². The van der Waals surface area contributed by atoms with Crippen molar-refractivity contribution in [1.82, 2.24) is 4.57 Å². The number of hydrogen-bond donors (Lipinski definition) is 0. The van der Waals surface area contributed by atoms with Crippen LogP contribution in [-0.4, -0.2) is 4.57 Å². The van der Waals surface area contributed by atoms with Crippen molar-refractivity contribution in [3.05, 3.63) is 241 Å². The zero-order valence-corrected chi connectivity index (χ0v) is 39.9. The Morgan fingerprint density at radius 1 is 0.377 bits per heavy atom. The molecule has 0 aliphatic heterocycles. The van der Waals surface area contributed by atoms with Gasteiger partial charge in [0.05, 0.1) is 16.7 Å². The fourth-order valence-electron chi connectivity index (χ4n) is 12.3. The average Bonchev–Trinajstić information content (AvgIpc) is 4.07. The van der Waals surface area contributed by atoms with Gasteiger partial charge in [0.1, 0.15) is 0 Å². The van der Waals surface area contributed by atoms with Crippen LogP contribution in [-0.2, 0) is 10.8 Å². The molecule has 0 amide bonds. The summed E-state index contributed by atoms with van der Waals surface area (Å²) in [7, 11) is 0. The summed E-state index contributed by atoms with van der Waals surface area (Å²) in [6.07, 6.45) is 0. The molecule has 2 aliphatic rings. The van der Waals surface area contributed by atoms with Gasteiger partial charge >= 0.3 is 0 Å². The third kappa shape index (κ3) is 5.84. The molecule has 0 saturated heterocycles. The van der Waals surface area contributed by atoms with Gasteiger partial charge in [-0.2, -0.15) is 0 Å². The van der Waals surface area contributed by atoms with Crippen LogP contribution in [0.2, 0.25) is 0 Å². The molecular weight excluding hydrogens is 853 g/mol. The molecule has 0 saturated carbocycles. The highest BCUT2D eigenvalue weighted by Crippen LogP contribution is 2.54. The minimum atomic E-state index is -0.139. The number of thiophene rings is 1. The van der Waals surface area contributed by atoms with Gasteiger partial charge in [0, 0.05) is 58.8 Å². The summed E-state index contributed by atoms with van der Waals surface area (Å²) in [6, 6.07) is 81.8. The van der Waals surface area contributed by atoms with Crippen molar-refractivity contribution < 1.29 is 0 Å². The number of fused-ring (bicyclic) bond motifs is 12. The Morgan fingerprint density at radius 3 is 1.78 bits per heavy atom. The lowest BCUT2D eigenvalue weighted by molar-refractivity contribution is 0.660. The van der Waals surface area contributed by atoms with Gasteiger partial charge in [-0.1, -0.05) is 167 Å². The summed E-state index contributed by atoms with van der Waals surface area (Å²) in [5.74, 6) is 0. The Kier molecular flexibility index (Phi) is 8.58. The maximum absolute atomic E-state index is 2.52. The molecular formula is C66H48N2S. The van der Waals surface area contributed by atoms with Gasteiger partial charge in [0.15, 0.2) is 0 Å². The van der Waals surface area contributed by atoms with E-state index in [-0.39, 0.29) is 10.8 Å². The first-order valence-electron chi connectivity index (χ1n) is 24.2. The Morgan fingerprint density at radius 2 is 0.971 bits per heavy atom. The molecule has 0 atom stereocenters. The maximum atomic E-state index is 2.52. The van der Waals surface area contributed by atoms with Crippen molar-refractivity contribution in [1.29, 1.82) is 0 Å². The standard InChI is InChI=1S/C66H48N2S/c1-65(2)55-23-11-8-18-48(55)50-35-34-46(40-57(50)65)67(45-32-28-41(29-33-45)47-21-14-22-52-49-19-9-12-24-56(49)66(3,4)64(47)52)60-26-15-27-62-63(60)54-39-43(31-37-61(54)69-62)42-30-36-59-53(38-42)51-20-10-13-25-58(51)68(59)44-16-6-5-7-17-44/h5-40H,1-4H3. The fraction of sp³-hybridized carbons (Fsp3) is 0.0909. The lowest BCUT2D eigenvalue weighted by Crippen LogP contribution is -2.17. The molecule has 328 valence electrons. The predicted molar refractivity (Wildman–Crippen MR) is 294 cm³/mol. The average molecular weight is 901 g/mol. The third-order valence-electron chi connectivity index (χ3n) is 15.6. The zero-order chi connectivity index (χ0) is 46.2. The second-order valence-electron chi connectivity index (χ2n) is 20.1. The summed E-state index contributed by atoms with van der Waals surface area (Å²) in [4.78, 5) is 2.52. The van der Waals surface area contributed by atoms with Gasteiger partial charge in [0.2, 0.25) is 0 Å². The maximum Gasteiger partial charge on any atom is 0.0554 e. The van der Waals surface area contributed by atoms with Gasteiger partial charge in [-0.3, -0.25) is 0 Å². The van der Waals surface area contributed by atoms with Gasteiger partial charge < -0.3 is 9.47 Å².